The fourth-order valence-electron chi connectivity index (χ4n) is 4.16. The molecule has 26 heavy (non-hydrogen) atoms. The maximum absolute atomic E-state index is 12.5. The lowest BCUT2D eigenvalue weighted by Crippen LogP contribution is -2.45. The Kier molecular flexibility index (Phi) is 6.20. The molecule has 1 N–H and O–H groups in total. The van der Waals surface area contributed by atoms with Crippen molar-refractivity contribution in [2.45, 2.75) is 52.4 Å². The lowest BCUT2D eigenvalue weighted by Gasteiger charge is -2.35. The lowest BCUT2D eigenvalue weighted by atomic mass is 9.97. The number of nitrogens with one attached hydrogen (secondary N) is 1. The van der Waals surface area contributed by atoms with Crippen molar-refractivity contribution < 1.29 is 4.79 Å². The number of likely N-dealkylation sites (tertiary alicyclic amines) is 1. The van der Waals surface area contributed by atoms with E-state index in [2.05, 4.69) is 54.2 Å². The molecule has 1 saturated heterocycles. The number of hydrogen-bond acceptors (Lipinski definition) is 3. The minimum atomic E-state index is 0.0317. The summed E-state index contributed by atoms with van der Waals surface area (Å²) in [5.74, 6) is 0.569. The predicted molar refractivity (Wildman–Crippen MR) is 106 cm³/mol. The van der Waals surface area contributed by atoms with E-state index in [-0.39, 0.29) is 6.03 Å². The molecule has 2 amide bonds. The van der Waals surface area contributed by atoms with Crippen LogP contribution in [0.1, 0.15) is 43.4 Å². The number of amides is 2. The lowest BCUT2D eigenvalue weighted by molar-refractivity contribution is 0.137. The van der Waals surface area contributed by atoms with Gasteiger partial charge in [-0.1, -0.05) is 18.2 Å². The molecule has 0 bridgehead atoms. The van der Waals surface area contributed by atoms with Gasteiger partial charge in [0.1, 0.15) is 0 Å². The molecule has 1 aromatic carbocycles. The Labute approximate surface area is 158 Å². The summed E-state index contributed by atoms with van der Waals surface area (Å²) in [5.41, 5.74) is 4.02. The van der Waals surface area contributed by atoms with E-state index in [4.69, 9.17) is 0 Å². The second-order valence-corrected chi connectivity index (χ2v) is 8.41. The quantitative estimate of drug-likeness (QED) is 0.880. The normalized spacial score (nSPS) is 21.0. The Balaban J connectivity index is 1.47. The molecule has 0 aromatic heterocycles. The number of rotatable bonds is 5. The van der Waals surface area contributed by atoms with Crippen LogP contribution >= 0.6 is 0 Å². The zero-order chi connectivity index (χ0) is 18.7. The molecule has 2 aliphatic heterocycles. The van der Waals surface area contributed by atoms with Gasteiger partial charge in [0.2, 0.25) is 0 Å². The zero-order valence-corrected chi connectivity index (χ0v) is 16.8. The molecule has 2 aliphatic rings. The van der Waals surface area contributed by atoms with Crippen LogP contribution in [0.5, 0.6) is 0 Å². The smallest absolute Gasteiger partial charge is 0.317 e. The van der Waals surface area contributed by atoms with Crippen molar-refractivity contribution in [2.24, 2.45) is 5.92 Å². The molecule has 2 heterocycles. The van der Waals surface area contributed by atoms with E-state index in [0.29, 0.717) is 18.5 Å². The Morgan fingerprint density at radius 2 is 2.08 bits per heavy atom. The molecule has 5 nitrogen and oxygen atoms in total. The van der Waals surface area contributed by atoms with Gasteiger partial charge in [0, 0.05) is 45.8 Å². The number of urea groups is 1. The van der Waals surface area contributed by atoms with Gasteiger partial charge in [0.05, 0.1) is 0 Å². The van der Waals surface area contributed by atoms with E-state index in [1.54, 1.807) is 4.90 Å². The summed E-state index contributed by atoms with van der Waals surface area (Å²) in [5, 5.41) is 3.14. The van der Waals surface area contributed by atoms with Crippen LogP contribution in [0.4, 0.5) is 4.79 Å². The number of piperidine rings is 1. The van der Waals surface area contributed by atoms with Crippen LogP contribution in [-0.4, -0.2) is 60.5 Å². The average Bonchev–Trinajstić information content (AvgIpc) is 2.99. The summed E-state index contributed by atoms with van der Waals surface area (Å²) in [6.07, 6.45) is 2.45. The van der Waals surface area contributed by atoms with Crippen molar-refractivity contribution in [3.8, 4) is 0 Å². The van der Waals surface area contributed by atoms with Gasteiger partial charge < -0.3 is 15.1 Å². The standard InChI is InChI=1S/C21H34N4O/c1-16(2)25-9-5-6-18(13-25)11-22-21(26)24(4)12-17-7-8-19-14-23(3)15-20(19)10-17/h7-8,10,16,18H,5-6,9,11-15H2,1-4H3,(H,22,26)/t18-/m1/s1. The highest BCUT2D eigenvalue weighted by atomic mass is 16.2. The van der Waals surface area contributed by atoms with Gasteiger partial charge in [-0.25, -0.2) is 4.79 Å². The van der Waals surface area contributed by atoms with Gasteiger partial charge >= 0.3 is 6.03 Å². The molecular weight excluding hydrogens is 324 g/mol. The van der Waals surface area contributed by atoms with Crippen molar-refractivity contribution in [2.75, 3.05) is 33.7 Å². The van der Waals surface area contributed by atoms with Gasteiger partial charge in [-0.3, -0.25) is 4.90 Å². The minimum absolute atomic E-state index is 0.0317. The van der Waals surface area contributed by atoms with Crippen LogP contribution in [0, 0.1) is 5.92 Å². The van der Waals surface area contributed by atoms with Gasteiger partial charge in [-0.15, -0.1) is 0 Å². The second kappa shape index (κ2) is 8.40. The summed E-state index contributed by atoms with van der Waals surface area (Å²) >= 11 is 0. The van der Waals surface area contributed by atoms with Crippen molar-refractivity contribution in [1.82, 2.24) is 20.0 Å². The zero-order valence-electron chi connectivity index (χ0n) is 16.8. The highest BCUT2D eigenvalue weighted by molar-refractivity contribution is 5.73. The van der Waals surface area contributed by atoms with Gasteiger partial charge in [0.15, 0.2) is 0 Å². The number of carbonyl (C=O) groups is 1. The van der Waals surface area contributed by atoms with Crippen molar-refractivity contribution in [3.05, 3.63) is 34.9 Å². The van der Waals surface area contributed by atoms with Crippen molar-refractivity contribution in [1.29, 1.82) is 0 Å². The Morgan fingerprint density at radius 1 is 1.31 bits per heavy atom. The first-order chi connectivity index (χ1) is 12.4. The Morgan fingerprint density at radius 3 is 2.85 bits per heavy atom. The molecule has 0 aliphatic carbocycles. The number of benzene rings is 1. The summed E-state index contributed by atoms with van der Waals surface area (Å²) < 4.78 is 0. The monoisotopic (exact) mass is 358 g/mol. The first kappa shape index (κ1) is 19.2. The third-order valence-corrected chi connectivity index (χ3v) is 5.74. The highest BCUT2D eigenvalue weighted by Crippen LogP contribution is 2.23. The summed E-state index contributed by atoms with van der Waals surface area (Å²) in [7, 11) is 4.03. The van der Waals surface area contributed by atoms with Crippen LogP contribution in [0.3, 0.4) is 0 Å². The first-order valence-corrected chi connectivity index (χ1v) is 9.94. The second-order valence-electron chi connectivity index (χ2n) is 8.41. The Bertz CT molecular complexity index is 630. The van der Waals surface area contributed by atoms with E-state index < -0.39 is 0 Å². The largest absolute Gasteiger partial charge is 0.338 e. The van der Waals surface area contributed by atoms with Crippen LogP contribution in [0.15, 0.2) is 18.2 Å². The van der Waals surface area contributed by atoms with E-state index >= 15 is 0 Å². The molecule has 5 heteroatoms. The van der Waals surface area contributed by atoms with Crippen molar-refractivity contribution in [3.63, 3.8) is 0 Å². The third kappa shape index (κ3) is 4.77. The Hall–Kier alpha value is -1.59. The first-order valence-electron chi connectivity index (χ1n) is 9.94. The number of fused-ring (bicyclic) bond motifs is 1. The molecule has 0 unspecified atom stereocenters. The van der Waals surface area contributed by atoms with E-state index in [9.17, 15) is 4.79 Å². The molecule has 3 rings (SSSR count). The molecule has 144 valence electrons. The van der Waals surface area contributed by atoms with Crippen LogP contribution in [-0.2, 0) is 19.6 Å². The topological polar surface area (TPSA) is 38.8 Å². The van der Waals surface area contributed by atoms with Crippen LogP contribution in [0.2, 0.25) is 0 Å². The highest BCUT2D eigenvalue weighted by Gasteiger charge is 2.22. The summed E-state index contributed by atoms with van der Waals surface area (Å²) in [6.45, 7) is 10.3. The molecule has 1 aromatic rings. The third-order valence-electron chi connectivity index (χ3n) is 5.74. The maximum atomic E-state index is 12.5. The molecule has 0 radical (unpaired) electrons. The number of nitrogens with zero attached hydrogens (tertiary/aromatic N) is 3. The molecule has 1 fully saturated rings. The molecule has 0 spiro atoms. The van der Waals surface area contributed by atoms with Gasteiger partial charge in [-0.05, 0) is 62.9 Å². The van der Waals surface area contributed by atoms with Gasteiger partial charge in [0.25, 0.3) is 0 Å². The maximum Gasteiger partial charge on any atom is 0.317 e. The fourth-order valence-corrected chi connectivity index (χ4v) is 4.16. The summed E-state index contributed by atoms with van der Waals surface area (Å²) in [4.78, 5) is 19.1. The van der Waals surface area contributed by atoms with Crippen LogP contribution in [0.25, 0.3) is 0 Å². The SMILES string of the molecule is CC(C)N1CCC[C@H](CNC(=O)N(C)Cc2ccc3c(c2)CN(C)C3)C1. The van der Waals surface area contributed by atoms with Crippen LogP contribution < -0.4 is 5.32 Å². The van der Waals surface area contributed by atoms with E-state index in [1.165, 1.54) is 36.1 Å². The number of carbonyl (C=O) groups excluding carboxylic acids is 1. The fraction of sp³-hybridized carbons (Fsp3) is 0.667. The van der Waals surface area contributed by atoms with E-state index in [1.807, 2.05) is 7.05 Å². The van der Waals surface area contributed by atoms with Gasteiger partial charge in [-0.2, -0.15) is 0 Å². The van der Waals surface area contributed by atoms with E-state index in [0.717, 1.165) is 26.2 Å². The van der Waals surface area contributed by atoms with Crippen molar-refractivity contribution >= 4 is 6.03 Å². The molecule has 1 atom stereocenters. The predicted octanol–water partition coefficient (Wildman–Crippen LogP) is 2.89. The average molecular weight is 359 g/mol. The summed E-state index contributed by atoms with van der Waals surface area (Å²) in [6, 6.07) is 7.25. The molecular formula is C21H34N4O. The minimum Gasteiger partial charge on any atom is -0.338 e. The number of hydrogen-bond donors (Lipinski definition) is 1. The molecule has 0 saturated carbocycles.